The number of para-hydroxylation sites is 1. The highest BCUT2D eigenvalue weighted by atomic mass is 32.1. The van der Waals surface area contributed by atoms with Gasteiger partial charge in [0.05, 0.1) is 21.4 Å². The summed E-state index contributed by atoms with van der Waals surface area (Å²) < 4.78 is 12.8. The summed E-state index contributed by atoms with van der Waals surface area (Å²) in [5.41, 5.74) is 37.9. The molecule has 3 aliphatic rings. The highest BCUT2D eigenvalue weighted by Crippen LogP contribution is 2.55. The topological polar surface area (TPSA) is 24.6 Å². The van der Waals surface area contributed by atoms with Crippen LogP contribution in [-0.2, 0) is 21.7 Å². The molecule has 13 aromatic rings. The Morgan fingerprint density at radius 2 is 0.989 bits per heavy atom. The van der Waals surface area contributed by atoms with E-state index in [1.165, 1.54) is 186 Å². The minimum atomic E-state index is -0.245. The number of benzene rings is 10. The quantitative estimate of drug-likeness (QED) is 0.254. The number of rotatable bonds is 4. The van der Waals surface area contributed by atoms with Crippen molar-refractivity contribution in [3.8, 4) is 16.8 Å². The highest BCUT2D eigenvalue weighted by molar-refractivity contribution is 7.27. The van der Waals surface area contributed by atoms with Crippen LogP contribution in [-0.4, -0.2) is 89.7 Å². The molecule has 0 saturated heterocycles. The second-order valence-corrected chi connectivity index (χ2v) is 32.5. The van der Waals surface area contributed by atoms with Crippen molar-refractivity contribution in [3.05, 3.63) is 156 Å². The molecule has 0 fully saturated rings. The number of nitrogens with zero attached hydrogens (tertiary/aromatic N) is 3. The number of furan rings is 1. The monoisotopic (exact) mass is 1200 g/mol. The maximum Gasteiger partial charge on any atom is 0.257 e. The van der Waals surface area contributed by atoms with Gasteiger partial charge < -0.3 is 18.8 Å². The molecule has 1 aliphatic carbocycles. The molecule has 0 bridgehead atoms. The second-order valence-electron chi connectivity index (χ2n) is 31.4. The van der Waals surface area contributed by atoms with Crippen LogP contribution in [0.2, 0.25) is 0 Å². The van der Waals surface area contributed by atoms with Crippen LogP contribution >= 0.6 is 11.3 Å². The minimum Gasteiger partial charge on any atom is -0.456 e. The lowest BCUT2D eigenvalue weighted by Crippen LogP contribution is -2.63. The Morgan fingerprint density at radius 1 is 0.457 bits per heavy atom. The molecule has 2 aliphatic heterocycles. The summed E-state index contributed by atoms with van der Waals surface area (Å²) in [5, 5.41) is 7.46. The normalized spacial score (nSPS) is 15.1. The van der Waals surface area contributed by atoms with Crippen molar-refractivity contribution in [3.63, 3.8) is 0 Å². The number of anilines is 6. The Hall–Kier alpha value is -7.67. The van der Waals surface area contributed by atoms with Crippen molar-refractivity contribution >= 4 is 266 Å². The first-order chi connectivity index (χ1) is 43.6. The Labute approximate surface area is 556 Å². The first-order valence-electron chi connectivity index (χ1n) is 33.7. The van der Waals surface area contributed by atoms with Crippen LogP contribution in [0.15, 0.2) is 138 Å². The summed E-state index contributed by atoms with van der Waals surface area (Å²) in [6.45, 7) is 23.7. The summed E-state index contributed by atoms with van der Waals surface area (Å²) in [5.74, 6) is 0. The maximum absolute atomic E-state index is 7.70. The number of fused-ring (bicyclic) bond motifs is 17. The van der Waals surface area contributed by atoms with E-state index in [9.17, 15) is 0 Å². The van der Waals surface area contributed by atoms with Crippen LogP contribution in [0.1, 0.15) is 104 Å². The van der Waals surface area contributed by atoms with E-state index in [1.54, 1.807) is 0 Å². The van der Waals surface area contributed by atoms with Gasteiger partial charge in [-0.1, -0.05) is 163 Å². The zero-order valence-corrected chi connectivity index (χ0v) is 58.7. The average Bonchev–Trinajstić information content (AvgIpc) is 1.01. The molecule has 4 nitrogen and oxygen atoms in total. The molecule has 0 saturated carbocycles. The number of aromatic nitrogens is 1. The molecule has 92 heavy (non-hydrogen) atoms. The third-order valence-electron chi connectivity index (χ3n) is 23.5. The van der Waals surface area contributed by atoms with Gasteiger partial charge in [0.25, 0.3) is 6.71 Å². The van der Waals surface area contributed by atoms with E-state index in [1.807, 2.05) is 11.3 Å². The van der Waals surface area contributed by atoms with Gasteiger partial charge in [0.2, 0.25) is 0 Å². The van der Waals surface area contributed by atoms with E-state index >= 15 is 0 Å². The Balaban J connectivity index is 1.12. The Kier molecular flexibility index (Phi) is 12.9. The van der Waals surface area contributed by atoms with Crippen molar-refractivity contribution in [2.24, 2.45) is 0 Å². The minimum absolute atomic E-state index is 0.0271. The van der Waals surface area contributed by atoms with Crippen LogP contribution in [0.3, 0.4) is 0 Å². The lowest BCUT2D eigenvalue weighted by Gasteiger charge is -2.46. The predicted octanol–water partition coefficient (Wildman–Crippen LogP) is 2.33. The molecule has 440 valence electrons. The molecule has 0 unspecified atom stereocenters. The molecule has 10 aromatic carbocycles. The molecule has 16 heteroatoms. The van der Waals surface area contributed by atoms with Crippen molar-refractivity contribution < 1.29 is 4.42 Å². The van der Waals surface area contributed by atoms with Crippen molar-refractivity contribution in [2.75, 3.05) is 9.80 Å². The lowest BCUT2D eigenvalue weighted by atomic mass is 9.33. The van der Waals surface area contributed by atoms with E-state index < -0.39 is 0 Å². The van der Waals surface area contributed by atoms with Gasteiger partial charge in [-0.3, -0.25) is 0 Å². The highest BCUT2D eigenvalue weighted by Gasteiger charge is 2.48. The Morgan fingerprint density at radius 3 is 1.60 bits per heavy atom. The zero-order chi connectivity index (χ0) is 64.6. The summed E-state index contributed by atoms with van der Waals surface area (Å²) in [6, 6.07) is 52.9. The van der Waals surface area contributed by atoms with Crippen molar-refractivity contribution in [1.82, 2.24) is 4.57 Å². The zero-order valence-electron chi connectivity index (χ0n) is 57.9. The molecule has 3 aromatic heterocycles. The van der Waals surface area contributed by atoms with E-state index in [-0.39, 0.29) is 28.4 Å². The summed E-state index contributed by atoms with van der Waals surface area (Å²) in [7, 11) is 23.5. The molecule has 0 radical (unpaired) electrons. The predicted molar refractivity (Wildman–Crippen MR) is 435 cm³/mol. The first-order valence-corrected chi connectivity index (χ1v) is 34.5. The summed E-state index contributed by atoms with van der Waals surface area (Å²) >= 11 is 1.95. The fraction of sp³-hybridized carbons (Fsp3) is 0.211. The molecule has 16 rings (SSSR count). The lowest BCUT2D eigenvalue weighted by molar-refractivity contribution is 0.332. The molecule has 0 N–H and O–H groups in total. The molecular weight excluding hydrogens is 1120 g/mol. The fourth-order valence-electron chi connectivity index (χ4n) is 17.1. The van der Waals surface area contributed by atoms with Gasteiger partial charge in [0.1, 0.15) is 89.6 Å². The molecular formula is C76H76B11N3OS. The summed E-state index contributed by atoms with van der Waals surface area (Å²) in [4.78, 5) is 5.49. The van der Waals surface area contributed by atoms with Gasteiger partial charge in [0.15, 0.2) is 0 Å². The number of hydrogen-bond donors (Lipinski definition) is 0. The van der Waals surface area contributed by atoms with Crippen LogP contribution < -0.4 is 80.8 Å². The van der Waals surface area contributed by atoms with Gasteiger partial charge in [-0.05, 0) is 157 Å². The standard InChI is InChI=1S/C76H76B11N3OS/c1-73(2,3)36-19-25-47-42(31-36)43-32-37(74(4,5)6)20-26-48(43)88(47)39-22-24-46-49(34-39)90(69-65(85)63(83)62(82)64(84)66(69)86)51-30-35(54-57(77)59(79)61(81)60(80)58(54)78)29-50-67(51)87(46)68-70(89(50)38-21-23-44-45(33-38)76(9,10)28-27-75(44,7)8)72-56(41-16-12-14-18-53(41)92-72)55-40-15-11-13-17-52(40)91-71(55)68/h11-26,29-34H,27-28,77-86H2,1-10H3. The van der Waals surface area contributed by atoms with Gasteiger partial charge in [0, 0.05) is 71.1 Å². The third kappa shape index (κ3) is 8.22. The van der Waals surface area contributed by atoms with E-state index in [4.69, 9.17) is 4.42 Å². The third-order valence-corrected chi connectivity index (χ3v) is 24.6. The largest absolute Gasteiger partial charge is 0.456 e. The first kappa shape index (κ1) is 59.4. The van der Waals surface area contributed by atoms with Crippen LogP contribution in [0.5, 0.6) is 0 Å². The van der Waals surface area contributed by atoms with Gasteiger partial charge in [-0.15, -0.1) is 33.2 Å². The van der Waals surface area contributed by atoms with Crippen molar-refractivity contribution in [1.29, 1.82) is 0 Å². The fourth-order valence-corrected chi connectivity index (χ4v) is 18.4. The smallest absolute Gasteiger partial charge is 0.257 e. The average molecular weight is 1200 g/mol. The van der Waals surface area contributed by atoms with Crippen LogP contribution in [0.4, 0.5) is 34.1 Å². The molecule has 5 heterocycles. The summed E-state index contributed by atoms with van der Waals surface area (Å²) in [6.07, 6.45) is 2.27. The van der Waals surface area contributed by atoms with Gasteiger partial charge in [-0.2, -0.15) is 0 Å². The van der Waals surface area contributed by atoms with Crippen LogP contribution in [0.25, 0.3) is 80.7 Å². The van der Waals surface area contributed by atoms with Crippen LogP contribution in [0, 0.1) is 0 Å². The van der Waals surface area contributed by atoms with E-state index in [2.05, 4.69) is 296 Å². The maximum atomic E-state index is 7.70. The second kappa shape index (κ2) is 19.9. The van der Waals surface area contributed by atoms with E-state index in [0.29, 0.717) is 0 Å². The molecule has 0 atom stereocenters. The SMILES string of the molecule is Bc1c(B)c(B)c(-c2cc3c4c(c2)N(c2ccc5c(c2)C(C)(C)CCC5(C)C)c2c(c5oc6ccccc6c5c5c2sc2ccccc25)B4c2ccc(-n4c5ccc(C(C)(C)C)cc5c5cc(C(C)(C)C)ccc54)cc2N3c2c(B)c(B)c(B)c(B)c2B)c(B)c1B. The molecule has 0 amide bonds. The van der Waals surface area contributed by atoms with Gasteiger partial charge >= 0.3 is 0 Å². The number of hydrogen-bond acceptors (Lipinski definition) is 4. The van der Waals surface area contributed by atoms with E-state index in [0.717, 1.165) is 35.1 Å². The van der Waals surface area contributed by atoms with Crippen molar-refractivity contribution in [2.45, 2.75) is 104 Å². The Bertz CT molecular complexity index is 5360. The van der Waals surface area contributed by atoms with Gasteiger partial charge in [-0.25, -0.2) is 0 Å². The number of thiophene rings is 1. The molecule has 0 spiro atoms.